The van der Waals surface area contributed by atoms with Gasteiger partial charge in [0.15, 0.2) is 6.04 Å². The summed E-state index contributed by atoms with van der Waals surface area (Å²) in [4.78, 5) is 32.9. The van der Waals surface area contributed by atoms with E-state index in [-0.39, 0.29) is 24.4 Å². The Morgan fingerprint density at radius 2 is 1.97 bits per heavy atom. The minimum absolute atomic E-state index is 0.121. The van der Waals surface area contributed by atoms with E-state index in [1.165, 1.54) is 0 Å². The summed E-state index contributed by atoms with van der Waals surface area (Å²) in [6.45, 7) is 6.65. The van der Waals surface area contributed by atoms with E-state index in [1.54, 1.807) is 23.4 Å². The Kier molecular flexibility index (Phi) is 5.44. The summed E-state index contributed by atoms with van der Waals surface area (Å²) in [5.41, 5.74) is 2.22. The third kappa shape index (κ3) is 3.75. The van der Waals surface area contributed by atoms with Crippen LogP contribution in [0.3, 0.4) is 0 Å². The summed E-state index contributed by atoms with van der Waals surface area (Å²) < 4.78 is 7.56. The lowest BCUT2D eigenvalue weighted by Crippen LogP contribution is -2.48. The molecular formula is C23H26N4O3. The second-order valence-electron chi connectivity index (χ2n) is 7.82. The maximum atomic E-state index is 13.4. The molecule has 2 aromatic heterocycles. The van der Waals surface area contributed by atoms with E-state index in [0.717, 1.165) is 17.1 Å². The number of nitrogens with zero attached hydrogens (tertiary/aromatic N) is 3. The van der Waals surface area contributed by atoms with Crippen LogP contribution in [-0.2, 0) is 17.8 Å². The van der Waals surface area contributed by atoms with E-state index in [9.17, 15) is 9.59 Å². The fraction of sp³-hybridized carbons (Fsp3) is 0.348. The van der Waals surface area contributed by atoms with Crippen LogP contribution in [0.25, 0.3) is 0 Å². The summed E-state index contributed by atoms with van der Waals surface area (Å²) in [6.07, 6.45) is 2.39. The van der Waals surface area contributed by atoms with Crippen molar-refractivity contribution in [3.8, 4) is 0 Å². The number of hydrogen-bond acceptors (Lipinski definition) is 4. The van der Waals surface area contributed by atoms with Gasteiger partial charge in [-0.05, 0) is 45.0 Å². The third-order valence-electron chi connectivity index (χ3n) is 5.39. The van der Waals surface area contributed by atoms with Gasteiger partial charge in [-0.25, -0.2) is 4.98 Å². The van der Waals surface area contributed by atoms with Gasteiger partial charge in [-0.1, -0.05) is 18.2 Å². The Morgan fingerprint density at radius 1 is 1.20 bits per heavy atom. The van der Waals surface area contributed by atoms with Crippen LogP contribution in [0.1, 0.15) is 59.2 Å². The second-order valence-corrected chi connectivity index (χ2v) is 7.82. The first-order chi connectivity index (χ1) is 14.5. The molecule has 3 aromatic rings. The second kappa shape index (κ2) is 8.18. The molecule has 1 atom stereocenters. The summed E-state index contributed by atoms with van der Waals surface area (Å²) in [5.74, 6) is 1.07. The average Bonchev–Trinajstić information content (AvgIpc) is 3.37. The zero-order valence-corrected chi connectivity index (χ0v) is 17.5. The molecule has 1 aromatic carbocycles. The largest absolute Gasteiger partial charge is 0.465 e. The highest BCUT2D eigenvalue weighted by Crippen LogP contribution is 2.32. The van der Waals surface area contributed by atoms with E-state index in [4.69, 9.17) is 4.42 Å². The molecule has 0 saturated carbocycles. The smallest absolute Gasteiger partial charge is 0.254 e. The van der Waals surface area contributed by atoms with Crippen LogP contribution in [0.4, 0.5) is 0 Å². The van der Waals surface area contributed by atoms with E-state index < -0.39 is 6.04 Å². The summed E-state index contributed by atoms with van der Waals surface area (Å²) in [7, 11) is 0. The topological polar surface area (TPSA) is 80.4 Å². The lowest BCUT2D eigenvalue weighted by atomic mass is 9.99. The van der Waals surface area contributed by atoms with Crippen LogP contribution in [-0.4, -0.2) is 32.8 Å². The predicted octanol–water partition coefficient (Wildman–Crippen LogP) is 3.42. The molecule has 1 unspecified atom stereocenters. The first kappa shape index (κ1) is 19.9. The molecule has 0 radical (unpaired) electrons. The van der Waals surface area contributed by atoms with E-state index >= 15 is 0 Å². The standard InChI is InChI=1S/C23H26N4O3/c1-15(2)27-14-25-19-11-12-26(23(29)17-7-5-4-6-8-17)21(20(19)27)22(28)24-13-18-10-9-16(3)30-18/h4-10,14-15,21H,11-13H2,1-3H3,(H,24,28). The van der Waals surface area contributed by atoms with Crippen molar-refractivity contribution in [2.75, 3.05) is 6.54 Å². The summed E-state index contributed by atoms with van der Waals surface area (Å²) in [5, 5.41) is 2.95. The molecule has 1 N–H and O–H groups in total. The molecule has 156 valence electrons. The Hall–Kier alpha value is -3.35. The molecule has 0 fully saturated rings. The van der Waals surface area contributed by atoms with Crippen LogP contribution in [0, 0.1) is 6.92 Å². The van der Waals surface area contributed by atoms with Crippen molar-refractivity contribution in [3.05, 3.63) is 77.3 Å². The molecule has 7 nitrogen and oxygen atoms in total. The zero-order valence-electron chi connectivity index (χ0n) is 17.5. The number of hydrogen-bond donors (Lipinski definition) is 1. The minimum atomic E-state index is -0.748. The Morgan fingerprint density at radius 3 is 2.63 bits per heavy atom. The van der Waals surface area contributed by atoms with Crippen molar-refractivity contribution in [3.63, 3.8) is 0 Å². The van der Waals surface area contributed by atoms with Crippen molar-refractivity contribution in [1.82, 2.24) is 19.8 Å². The number of benzene rings is 1. The number of amides is 2. The number of aromatic nitrogens is 2. The fourth-order valence-electron chi connectivity index (χ4n) is 3.90. The van der Waals surface area contributed by atoms with E-state index in [1.807, 2.05) is 55.7 Å². The van der Waals surface area contributed by atoms with Crippen molar-refractivity contribution in [2.24, 2.45) is 0 Å². The number of rotatable bonds is 5. The highest BCUT2D eigenvalue weighted by atomic mass is 16.3. The first-order valence-corrected chi connectivity index (χ1v) is 10.2. The molecule has 1 aliphatic rings. The number of imidazole rings is 1. The molecule has 3 heterocycles. The number of aryl methyl sites for hydroxylation is 1. The van der Waals surface area contributed by atoms with Gasteiger partial charge in [0.2, 0.25) is 5.91 Å². The van der Waals surface area contributed by atoms with Gasteiger partial charge in [0, 0.05) is 24.6 Å². The van der Waals surface area contributed by atoms with Crippen molar-refractivity contribution >= 4 is 11.8 Å². The van der Waals surface area contributed by atoms with Gasteiger partial charge in [-0.15, -0.1) is 0 Å². The van der Waals surface area contributed by atoms with Gasteiger partial charge in [0.25, 0.3) is 5.91 Å². The first-order valence-electron chi connectivity index (χ1n) is 10.2. The van der Waals surface area contributed by atoms with E-state index in [0.29, 0.717) is 24.3 Å². The fourth-order valence-corrected chi connectivity index (χ4v) is 3.90. The summed E-state index contributed by atoms with van der Waals surface area (Å²) in [6, 6.07) is 12.2. The van der Waals surface area contributed by atoms with Crippen LogP contribution < -0.4 is 5.32 Å². The van der Waals surface area contributed by atoms with Crippen LogP contribution in [0.5, 0.6) is 0 Å². The van der Waals surface area contributed by atoms with Gasteiger partial charge < -0.3 is 19.2 Å². The number of carbonyl (C=O) groups is 2. The lowest BCUT2D eigenvalue weighted by molar-refractivity contribution is -0.126. The van der Waals surface area contributed by atoms with Crippen molar-refractivity contribution < 1.29 is 14.0 Å². The minimum Gasteiger partial charge on any atom is -0.465 e. The van der Waals surface area contributed by atoms with Crippen molar-refractivity contribution in [2.45, 2.75) is 45.8 Å². The highest BCUT2D eigenvalue weighted by Gasteiger charge is 2.39. The molecule has 7 heteroatoms. The van der Waals surface area contributed by atoms with Gasteiger partial charge in [-0.2, -0.15) is 0 Å². The van der Waals surface area contributed by atoms with Crippen LogP contribution in [0.2, 0.25) is 0 Å². The van der Waals surface area contributed by atoms with Crippen LogP contribution in [0.15, 0.2) is 53.2 Å². The number of fused-ring (bicyclic) bond motifs is 1. The van der Waals surface area contributed by atoms with Gasteiger partial charge >= 0.3 is 0 Å². The number of furan rings is 1. The van der Waals surface area contributed by atoms with E-state index in [2.05, 4.69) is 10.3 Å². The quantitative estimate of drug-likeness (QED) is 0.704. The molecule has 1 aliphatic heterocycles. The molecule has 30 heavy (non-hydrogen) atoms. The Bertz CT molecular complexity index is 1050. The molecule has 0 saturated heterocycles. The monoisotopic (exact) mass is 406 g/mol. The molecule has 0 spiro atoms. The van der Waals surface area contributed by atoms with Crippen LogP contribution >= 0.6 is 0 Å². The zero-order chi connectivity index (χ0) is 21.3. The normalized spacial score (nSPS) is 15.9. The Labute approximate surface area is 175 Å². The molecule has 0 aliphatic carbocycles. The summed E-state index contributed by atoms with van der Waals surface area (Å²) >= 11 is 0. The maximum Gasteiger partial charge on any atom is 0.254 e. The molecule has 0 bridgehead atoms. The number of carbonyl (C=O) groups excluding carboxylic acids is 2. The van der Waals surface area contributed by atoms with Gasteiger partial charge in [0.05, 0.1) is 24.3 Å². The molecule has 4 rings (SSSR count). The predicted molar refractivity (Wildman–Crippen MR) is 112 cm³/mol. The molecule has 2 amide bonds. The third-order valence-corrected chi connectivity index (χ3v) is 5.39. The number of nitrogens with one attached hydrogen (secondary N) is 1. The molecular weight excluding hydrogens is 380 g/mol. The SMILES string of the molecule is Cc1ccc(CNC(=O)C2c3c(ncn3C(C)C)CCN2C(=O)c2ccccc2)o1. The maximum absolute atomic E-state index is 13.4. The van der Waals surface area contributed by atoms with Gasteiger partial charge in [-0.3, -0.25) is 9.59 Å². The van der Waals surface area contributed by atoms with Crippen molar-refractivity contribution in [1.29, 1.82) is 0 Å². The van der Waals surface area contributed by atoms with Gasteiger partial charge in [0.1, 0.15) is 11.5 Å². The average molecular weight is 406 g/mol. The highest BCUT2D eigenvalue weighted by molar-refractivity contribution is 5.98. The Balaban J connectivity index is 1.68. The lowest BCUT2D eigenvalue weighted by Gasteiger charge is -2.36.